The van der Waals surface area contributed by atoms with Gasteiger partial charge in [0.15, 0.2) is 5.65 Å². The number of amides is 1. The van der Waals surface area contributed by atoms with Crippen molar-refractivity contribution in [2.45, 2.75) is 23.8 Å². The van der Waals surface area contributed by atoms with Crippen LogP contribution in [0.25, 0.3) is 11.0 Å². The van der Waals surface area contributed by atoms with Gasteiger partial charge in [0.1, 0.15) is 11.5 Å². The van der Waals surface area contributed by atoms with Crippen molar-refractivity contribution in [3.63, 3.8) is 0 Å². The van der Waals surface area contributed by atoms with Crippen LogP contribution in [0.3, 0.4) is 0 Å². The summed E-state index contributed by atoms with van der Waals surface area (Å²) in [5.74, 6) is -0.398. The third-order valence-electron chi connectivity index (χ3n) is 5.59. The molecule has 0 aliphatic carbocycles. The van der Waals surface area contributed by atoms with E-state index in [0.717, 1.165) is 3.97 Å². The average molecular weight is 461 g/mol. The summed E-state index contributed by atoms with van der Waals surface area (Å²) < 4.78 is 28.0. The molecule has 0 saturated carbocycles. The monoisotopic (exact) mass is 460 g/mol. The quantitative estimate of drug-likeness (QED) is 0.463. The predicted molar refractivity (Wildman–Crippen MR) is 116 cm³/mol. The summed E-state index contributed by atoms with van der Waals surface area (Å²) in [6, 6.07) is 9.48. The number of aromatic nitrogens is 3. The van der Waals surface area contributed by atoms with Gasteiger partial charge in [-0.15, -0.1) is 0 Å². The lowest BCUT2D eigenvalue weighted by atomic mass is 9.89. The molecule has 10 heteroatoms. The number of carbonyl (C=O) groups excluding carboxylic acids is 1. The molecule has 0 bridgehead atoms. The lowest BCUT2D eigenvalue weighted by Gasteiger charge is -2.34. The fourth-order valence-corrected chi connectivity index (χ4v) is 5.65. The summed E-state index contributed by atoms with van der Waals surface area (Å²) in [6.07, 6.45) is 2.41. The Hall–Kier alpha value is -2.75. The average Bonchev–Trinajstić information content (AvgIpc) is 3.20. The molecule has 1 N–H and O–H groups in total. The zero-order valence-corrected chi connectivity index (χ0v) is 18.1. The minimum Gasteiger partial charge on any atom is -0.387 e. The highest BCUT2D eigenvalue weighted by Gasteiger charge is 2.34. The smallest absolute Gasteiger partial charge is 0.269 e. The van der Waals surface area contributed by atoms with Gasteiger partial charge in [0.25, 0.3) is 10.0 Å². The van der Waals surface area contributed by atoms with Crippen molar-refractivity contribution in [2.75, 3.05) is 13.1 Å². The second-order valence-corrected chi connectivity index (χ2v) is 9.51. The van der Waals surface area contributed by atoms with Crippen LogP contribution in [-0.4, -0.2) is 51.4 Å². The molecule has 4 rings (SSSR count). The SMILES string of the molecule is C=CC(=O)N1CCC(C(O)c2cc3c(Cl)ncnc3n2S(=O)(=O)c2ccccc2)CC1. The molecule has 0 spiro atoms. The second kappa shape index (κ2) is 8.41. The Labute approximate surface area is 184 Å². The zero-order chi connectivity index (χ0) is 22.2. The highest BCUT2D eigenvalue weighted by Crippen LogP contribution is 2.36. The molecule has 31 heavy (non-hydrogen) atoms. The Morgan fingerprint density at radius 2 is 1.90 bits per heavy atom. The van der Waals surface area contributed by atoms with Gasteiger partial charge in [-0.3, -0.25) is 4.79 Å². The number of hydrogen-bond acceptors (Lipinski definition) is 6. The van der Waals surface area contributed by atoms with E-state index in [0.29, 0.717) is 31.3 Å². The van der Waals surface area contributed by atoms with Crippen molar-refractivity contribution in [1.29, 1.82) is 0 Å². The fourth-order valence-electron chi connectivity index (χ4n) is 3.94. The molecule has 1 saturated heterocycles. The van der Waals surface area contributed by atoms with Crippen LogP contribution >= 0.6 is 11.6 Å². The van der Waals surface area contributed by atoms with Crippen LogP contribution in [-0.2, 0) is 14.8 Å². The van der Waals surface area contributed by atoms with E-state index >= 15 is 0 Å². The number of aliphatic hydroxyl groups is 1. The number of halogens is 1. The third kappa shape index (κ3) is 3.84. The number of piperidine rings is 1. The second-order valence-electron chi connectivity index (χ2n) is 7.37. The maximum Gasteiger partial charge on any atom is 0.269 e. The molecule has 1 amide bonds. The highest BCUT2D eigenvalue weighted by atomic mass is 35.5. The summed E-state index contributed by atoms with van der Waals surface area (Å²) >= 11 is 6.20. The maximum atomic E-state index is 13.5. The number of nitrogens with zero attached hydrogens (tertiary/aromatic N) is 4. The van der Waals surface area contributed by atoms with Crippen LogP contribution < -0.4 is 0 Å². The lowest BCUT2D eigenvalue weighted by Crippen LogP contribution is -2.39. The van der Waals surface area contributed by atoms with E-state index in [1.807, 2.05) is 0 Å². The lowest BCUT2D eigenvalue weighted by molar-refractivity contribution is -0.128. The van der Waals surface area contributed by atoms with Crippen molar-refractivity contribution in [1.82, 2.24) is 18.8 Å². The van der Waals surface area contributed by atoms with Crippen molar-refractivity contribution >= 4 is 38.6 Å². The van der Waals surface area contributed by atoms with E-state index in [4.69, 9.17) is 11.6 Å². The van der Waals surface area contributed by atoms with E-state index in [1.165, 1.54) is 30.6 Å². The van der Waals surface area contributed by atoms with Gasteiger partial charge < -0.3 is 10.0 Å². The Morgan fingerprint density at radius 1 is 1.23 bits per heavy atom. The van der Waals surface area contributed by atoms with E-state index in [2.05, 4.69) is 16.5 Å². The van der Waals surface area contributed by atoms with Gasteiger partial charge in [0.05, 0.1) is 22.1 Å². The minimum absolute atomic E-state index is 0.0714. The molecule has 1 aliphatic heterocycles. The number of aliphatic hydroxyl groups excluding tert-OH is 1. The van der Waals surface area contributed by atoms with Gasteiger partial charge in [0, 0.05) is 13.1 Å². The summed E-state index contributed by atoms with van der Waals surface area (Å²) in [5, 5.41) is 11.7. The van der Waals surface area contributed by atoms with Crippen LogP contribution in [0, 0.1) is 5.92 Å². The van der Waals surface area contributed by atoms with Crippen LogP contribution in [0.15, 0.2) is 60.3 Å². The van der Waals surface area contributed by atoms with E-state index in [-0.39, 0.29) is 33.2 Å². The van der Waals surface area contributed by atoms with Gasteiger partial charge in [-0.25, -0.2) is 22.4 Å². The molecule has 1 atom stereocenters. The first kappa shape index (κ1) is 21.5. The van der Waals surface area contributed by atoms with Crippen molar-refractivity contribution in [3.8, 4) is 0 Å². The Balaban J connectivity index is 1.78. The topological polar surface area (TPSA) is 105 Å². The molecule has 2 aromatic heterocycles. The van der Waals surface area contributed by atoms with Gasteiger partial charge in [-0.05, 0) is 43.0 Å². The molecule has 162 valence electrons. The molecular formula is C21H21ClN4O4S. The van der Waals surface area contributed by atoms with Crippen LogP contribution in [0.2, 0.25) is 5.15 Å². The highest BCUT2D eigenvalue weighted by molar-refractivity contribution is 7.90. The fraction of sp³-hybridized carbons (Fsp3) is 0.286. The van der Waals surface area contributed by atoms with Crippen LogP contribution in [0.5, 0.6) is 0 Å². The number of benzene rings is 1. The Kier molecular flexibility index (Phi) is 5.83. The van der Waals surface area contributed by atoms with Gasteiger partial charge >= 0.3 is 0 Å². The number of rotatable bonds is 5. The summed E-state index contributed by atoms with van der Waals surface area (Å²) in [4.78, 5) is 21.7. The molecule has 1 aromatic carbocycles. The first-order chi connectivity index (χ1) is 14.8. The zero-order valence-electron chi connectivity index (χ0n) is 16.6. The van der Waals surface area contributed by atoms with Gasteiger partial charge in [-0.2, -0.15) is 0 Å². The van der Waals surface area contributed by atoms with E-state index < -0.39 is 16.1 Å². The standard InChI is InChI=1S/C21H21ClN4O4S/c1-2-18(27)25-10-8-14(9-11-25)19(28)17-12-16-20(22)23-13-24-21(16)26(17)31(29,30)15-6-4-3-5-7-15/h2-7,12-14,19,28H,1,8-11H2. The number of likely N-dealkylation sites (tertiary alicyclic amines) is 1. The summed E-state index contributed by atoms with van der Waals surface area (Å²) in [6.45, 7) is 4.42. The largest absolute Gasteiger partial charge is 0.387 e. The molecule has 1 unspecified atom stereocenters. The maximum absolute atomic E-state index is 13.5. The molecular weight excluding hydrogens is 440 g/mol. The first-order valence-corrected chi connectivity index (χ1v) is 11.6. The van der Waals surface area contributed by atoms with Crippen LogP contribution in [0.4, 0.5) is 0 Å². The van der Waals surface area contributed by atoms with Gasteiger partial charge in [0.2, 0.25) is 5.91 Å². The van der Waals surface area contributed by atoms with Crippen molar-refractivity contribution in [2.24, 2.45) is 5.92 Å². The van der Waals surface area contributed by atoms with Crippen molar-refractivity contribution in [3.05, 3.63) is 66.2 Å². The number of hydrogen-bond donors (Lipinski definition) is 1. The number of fused-ring (bicyclic) bond motifs is 1. The van der Waals surface area contributed by atoms with E-state index in [9.17, 15) is 18.3 Å². The van der Waals surface area contributed by atoms with Crippen LogP contribution in [0.1, 0.15) is 24.6 Å². The molecule has 8 nitrogen and oxygen atoms in total. The Morgan fingerprint density at radius 3 is 2.55 bits per heavy atom. The molecule has 1 aliphatic rings. The van der Waals surface area contributed by atoms with Crippen molar-refractivity contribution < 1.29 is 18.3 Å². The third-order valence-corrected chi connectivity index (χ3v) is 7.62. The first-order valence-electron chi connectivity index (χ1n) is 9.76. The summed E-state index contributed by atoms with van der Waals surface area (Å²) in [7, 11) is -4.05. The minimum atomic E-state index is -4.05. The Bertz CT molecular complexity index is 1240. The molecule has 0 radical (unpaired) electrons. The summed E-state index contributed by atoms with van der Waals surface area (Å²) in [5.41, 5.74) is 0.284. The molecule has 1 fully saturated rings. The molecule has 3 aromatic rings. The predicted octanol–water partition coefficient (Wildman–Crippen LogP) is 2.78. The van der Waals surface area contributed by atoms with Gasteiger partial charge in [-0.1, -0.05) is 36.4 Å². The normalized spacial score (nSPS) is 16.4. The number of carbonyl (C=O) groups is 1. The molecule has 3 heterocycles. The van der Waals surface area contributed by atoms with E-state index in [1.54, 1.807) is 23.1 Å².